The zero-order valence-electron chi connectivity index (χ0n) is 20.8. The normalized spacial score (nSPS) is 14.7. The van der Waals surface area contributed by atoms with Crippen molar-refractivity contribution in [3.05, 3.63) is 72.2 Å². The summed E-state index contributed by atoms with van der Waals surface area (Å²) < 4.78 is 27.1. The minimum Gasteiger partial charge on any atom is -0.494 e. The van der Waals surface area contributed by atoms with Crippen molar-refractivity contribution in [2.75, 3.05) is 20.2 Å². The number of carbonyl (C=O) groups is 2. The van der Waals surface area contributed by atoms with Gasteiger partial charge in [0.2, 0.25) is 5.82 Å². The summed E-state index contributed by atoms with van der Waals surface area (Å²) in [4.78, 5) is 35.4. The fraction of sp³-hybridized carbons (Fsp3) is 0.214. The molecule has 9 nitrogen and oxygen atoms in total. The van der Waals surface area contributed by atoms with E-state index in [1.165, 1.54) is 25.4 Å². The highest BCUT2D eigenvalue weighted by molar-refractivity contribution is 6.01. The molecule has 2 aromatic heterocycles. The summed E-state index contributed by atoms with van der Waals surface area (Å²) in [6.07, 6.45) is 3.93. The summed E-state index contributed by atoms with van der Waals surface area (Å²) in [5.41, 5.74) is 7.41. The highest BCUT2D eigenvalue weighted by Crippen LogP contribution is 2.35. The zero-order chi connectivity index (χ0) is 26.8. The SMILES string of the molecule is CC#CC(=O)N1CC[C@@H](c2nc(-c3ccc(Oc4cccc(OC)c4F)cc3)c3c(C(N)=O)nccn23)C1. The second-order valence-electron chi connectivity index (χ2n) is 8.69. The monoisotopic (exact) mass is 513 g/mol. The van der Waals surface area contributed by atoms with Crippen molar-refractivity contribution < 1.29 is 23.5 Å². The highest BCUT2D eigenvalue weighted by Gasteiger charge is 2.31. The lowest BCUT2D eigenvalue weighted by atomic mass is 10.1. The summed E-state index contributed by atoms with van der Waals surface area (Å²) in [5, 5.41) is 0. The first-order valence-corrected chi connectivity index (χ1v) is 11.9. The van der Waals surface area contributed by atoms with E-state index < -0.39 is 11.7 Å². The molecule has 38 heavy (non-hydrogen) atoms. The lowest BCUT2D eigenvalue weighted by Crippen LogP contribution is -2.27. The van der Waals surface area contributed by atoms with E-state index in [4.69, 9.17) is 20.2 Å². The number of methoxy groups -OCH3 is 1. The number of carbonyl (C=O) groups excluding carboxylic acids is 2. The van der Waals surface area contributed by atoms with Gasteiger partial charge in [-0.05, 0) is 55.7 Å². The van der Waals surface area contributed by atoms with Gasteiger partial charge in [-0.2, -0.15) is 4.39 Å². The number of nitrogens with zero attached hydrogens (tertiary/aromatic N) is 4. The van der Waals surface area contributed by atoms with Crippen LogP contribution in [0.4, 0.5) is 4.39 Å². The van der Waals surface area contributed by atoms with E-state index in [1.54, 1.807) is 48.4 Å². The molecule has 0 bridgehead atoms. The minimum atomic E-state index is -0.682. The molecule has 1 saturated heterocycles. The Morgan fingerprint density at radius 3 is 2.63 bits per heavy atom. The van der Waals surface area contributed by atoms with Crippen LogP contribution in [-0.2, 0) is 4.79 Å². The molecule has 1 fully saturated rings. The summed E-state index contributed by atoms with van der Waals surface area (Å²) >= 11 is 0. The fourth-order valence-corrected chi connectivity index (χ4v) is 4.61. The quantitative estimate of drug-likeness (QED) is 0.393. The number of rotatable bonds is 6. The van der Waals surface area contributed by atoms with Crippen LogP contribution in [0.15, 0.2) is 54.9 Å². The molecule has 2 N–H and O–H groups in total. The number of likely N-dealkylation sites (tertiary alicyclic amines) is 1. The number of fused-ring (bicyclic) bond motifs is 1. The molecule has 4 aromatic rings. The first kappa shape index (κ1) is 24.8. The third-order valence-electron chi connectivity index (χ3n) is 6.39. The molecule has 0 radical (unpaired) electrons. The summed E-state index contributed by atoms with van der Waals surface area (Å²) in [5.74, 6) is 4.85. The third kappa shape index (κ3) is 4.50. The third-order valence-corrected chi connectivity index (χ3v) is 6.39. The van der Waals surface area contributed by atoms with E-state index in [0.29, 0.717) is 47.9 Å². The Morgan fingerprint density at radius 2 is 1.92 bits per heavy atom. The van der Waals surface area contributed by atoms with Crippen LogP contribution >= 0.6 is 0 Å². The van der Waals surface area contributed by atoms with Crippen molar-refractivity contribution >= 4 is 17.3 Å². The van der Waals surface area contributed by atoms with Gasteiger partial charge in [-0.15, -0.1) is 0 Å². The topological polar surface area (TPSA) is 112 Å². The van der Waals surface area contributed by atoms with Crippen molar-refractivity contribution in [2.45, 2.75) is 19.3 Å². The smallest absolute Gasteiger partial charge is 0.298 e. The van der Waals surface area contributed by atoms with Crippen molar-refractivity contribution in [3.8, 4) is 40.3 Å². The van der Waals surface area contributed by atoms with Crippen LogP contribution in [0.3, 0.4) is 0 Å². The number of ether oxygens (including phenoxy) is 2. The van der Waals surface area contributed by atoms with Gasteiger partial charge in [-0.3, -0.25) is 14.0 Å². The molecule has 1 aliphatic rings. The van der Waals surface area contributed by atoms with Gasteiger partial charge in [-0.25, -0.2) is 9.97 Å². The number of hydrogen-bond acceptors (Lipinski definition) is 6. The Labute approximate surface area is 218 Å². The predicted octanol–water partition coefficient (Wildman–Crippen LogP) is 3.77. The Morgan fingerprint density at radius 1 is 1.16 bits per heavy atom. The molecule has 3 heterocycles. The minimum absolute atomic E-state index is 0.0279. The van der Waals surface area contributed by atoms with E-state index in [9.17, 15) is 14.0 Å². The van der Waals surface area contributed by atoms with E-state index in [2.05, 4.69) is 16.8 Å². The number of aromatic nitrogens is 3. The van der Waals surface area contributed by atoms with Gasteiger partial charge in [0, 0.05) is 37.0 Å². The van der Waals surface area contributed by atoms with E-state index >= 15 is 0 Å². The van der Waals surface area contributed by atoms with E-state index in [-0.39, 0.29) is 29.0 Å². The maximum atomic E-state index is 14.5. The Bertz CT molecular complexity index is 1600. The zero-order valence-corrected chi connectivity index (χ0v) is 20.8. The van der Waals surface area contributed by atoms with Crippen molar-refractivity contribution in [2.24, 2.45) is 5.73 Å². The number of halogens is 1. The highest BCUT2D eigenvalue weighted by atomic mass is 19.1. The molecule has 1 aliphatic heterocycles. The lowest BCUT2D eigenvalue weighted by molar-refractivity contribution is -0.124. The van der Waals surface area contributed by atoms with Crippen LogP contribution < -0.4 is 15.2 Å². The maximum Gasteiger partial charge on any atom is 0.298 e. The Hall–Kier alpha value is -4.91. The molecular formula is C28H24FN5O4. The first-order chi connectivity index (χ1) is 18.4. The van der Waals surface area contributed by atoms with Gasteiger partial charge < -0.3 is 20.1 Å². The van der Waals surface area contributed by atoms with Crippen LogP contribution in [0.2, 0.25) is 0 Å². The van der Waals surface area contributed by atoms with Crippen LogP contribution in [0.5, 0.6) is 17.2 Å². The standard InChI is InChI=1S/C28H24FN5O4/c1-3-5-22(35)33-14-12-18(16-33)28-32-24(26-25(27(30)36)31-13-15-34(26)28)17-8-10-19(11-9-17)38-21-7-4-6-20(37-2)23(21)29/h4,6-11,13,15,18H,12,14,16H2,1-2H3,(H2,30,36)/t18-/m1/s1. The molecule has 0 saturated carbocycles. The van der Waals surface area contributed by atoms with Gasteiger partial charge in [-0.1, -0.05) is 12.0 Å². The van der Waals surface area contributed by atoms with Gasteiger partial charge in [0.15, 0.2) is 17.2 Å². The molecule has 2 amide bonds. The molecule has 0 unspecified atom stereocenters. The summed E-state index contributed by atoms with van der Waals surface area (Å²) in [6.45, 7) is 2.64. The molecular weight excluding hydrogens is 489 g/mol. The largest absolute Gasteiger partial charge is 0.494 e. The second kappa shape index (κ2) is 10.2. The summed E-state index contributed by atoms with van der Waals surface area (Å²) in [6, 6.07) is 11.5. The first-order valence-electron chi connectivity index (χ1n) is 11.9. The number of primary amides is 1. The number of imidazole rings is 1. The molecule has 10 heteroatoms. The van der Waals surface area contributed by atoms with Gasteiger partial charge >= 0.3 is 0 Å². The molecule has 0 aliphatic carbocycles. The van der Waals surface area contributed by atoms with E-state index in [1.807, 2.05) is 4.40 Å². The maximum absolute atomic E-state index is 14.5. The van der Waals surface area contributed by atoms with E-state index in [0.717, 1.165) is 0 Å². The second-order valence-corrected chi connectivity index (χ2v) is 8.69. The number of benzene rings is 2. The molecule has 2 aromatic carbocycles. The average Bonchev–Trinajstić information content (AvgIpc) is 3.56. The lowest BCUT2D eigenvalue weighted by Gasteiger charge is -2.12. The van der Waals surface area contributed by atoms with Gasteiger partial charge in [0.25, 0.3) is 11.8 Å². The van der Waals surface area contributed by atoms with Crippen LogP contribution in [0, 0.1) is 17.7 Å². The number of amides is 2. The van der Waals surface area contributed by atoms with Gasteiger partial charge in [0.05, 0.1) is 12.8 Å². The van der Waals surface area contributed by atoms with Crippen molar-refractivity contribution in [1.82, 2.24) is 19.3 Å². The van der Waals surface area contributed by atoms with Crippen molar-refractivity contribution in [3.63, 3.8) is 0 Å². The van der Waals surface area contributed by atoms with Crippen LogP contribution in [0.1, 0.15) is 35.6 Å². The van der Waals surface area contributed by atoms with Crippen LogP contribution in [0.25, 0.3) is 16.8 Å². The average molecular weight is 514 g/mol. The Kier molecular flexibility index (Phi) is 6.66. The molecule has 0 spiro atoms. The number of nitrogens with two attached hydrogens (primary N) is 1. The fourth-order valence-electron chi connectivity index (χ4n) is 4.61. The summed E-state index contributed by atoms with van der Waals surface area (Å²) in [7, 11) is 1.38. The van der Waals surface area contributed by atoms with Crippen molar-refractivity contribution in [1.29, 1.82) is 0 Å². The molecule has 1 atom stereocenters. The Balaban J connectivity index is 1.52. The number of hydrogen-bond donors (Lipinski definition) is 1. The van der Waals surface area contributed by atoms with Crippen LogP contribution in [-0.4, -0.2) is 51.3 Å². The molecule has 192 valence electrons. The molecule has 5 rings (SSSR count). The van der Waals surface area contributed by atoms with Gasteiger partial charge in [0.1, 0.15) is 17.1 Å². The predicted molar refractivity (Wildman–Crippen MR) is 137 cm³/mol.